The molecule has 1 aromatic heterocycles. The van der Waals surface area contributed by atoms with E-state index in [-0.39, 0.29) is 22.5 Å². The highest BCUT2D eigenvalue weighted by Gasteiger charge is 2.15. The molecule has 25 heavy (non-hydrogen) atoms. The summed E-state index contributed by atoms with van der Waals surface area (Å²) in [6.07, 6.45) is 1.29. The number of hydrogen-bond donors (Lipinski definition) is 1. The molecule has 0 bridgehead atoms. The molecule has 0 aliphatic rings. The Kier molecular flexibility index (Phi) is 6.70. The largest absolute Gasteiger partial charge is 0.361 e. The van der Waals surface area contributed by atoms with Gasteiger partial charge in [0.15, 0.2) is 0 Å². The van der Waals surface area contributed by atoms with E-state index in [2.05, 4.69) is 10.4 Å². The van der Waals surface area contributed by atoms with Gasteiger partial charge in [-0.2, -0.15) is 9.78 Å². The zero-order valence-electron chi connectivity index (χ0n) is 13.7. The molecule has 0 unspecified atom stereocenters. The quantitative estimate of drug-likeness (QED) is 0.804. The number of anilines is 1. The van der Waals surface area contributed by atoms with Crippen LogP contribution in [-0.2, 0) is 4.79 Å². The summed E-state index contributed by atoms with van der Waals surface area (Å²) in [4.78, 5) is 25.8. The standard InChI is InChI=1S/C16H17Cl3N4O2/c1-3-20-14(24)9-22(4-2)13-6-5-10(7-11(13)17)23-16(25)15(19)12(18)8-21-23/h5-8H,3-4,9H2,1-2H3,(H,20,24). The summed E-state index contributed by atoms with van der Waals surface area (Å²) in [6, 6.07) is 5.01. The predicted molar refractivity (Wildman–Crippen MR) is 101 cm³/mol. The van der Waals surface area contributed by atoms with Crippen molar-refractivity contribution in [1.82, 2.24) is 15.1 Å². The molecule has 1 aromatic carbocycles. The second-order valence-corrected chi connectivity index (χ2v) is 6.32. The van der Waals surface area contributed by atoms with Crippen LogP contribution < -0.4 is 15.8 Å². The first-order chi connectivity index (χ1) is 11.9. The molecule has 0 atom stereocenters. The van der Waals surface area contributed by atoms with Crippen molar-refractivity contribution in [2.45, 2.75) is 13.8 Å². The monoisotopic (exact) mass is 402 g/mol. The van der Waals surface area contributed by atoms with Gasteiger partial charge >= 0.3 is 0 Å². The number of amides is 1. The molecule has 2 rings (SSSR count). The van der Waals surface area contributed by atoms with Gasteiger partial charge < -0.3 is 10.2 Å². The van der Waals surface area contributed by atoms with E-state index in [1.165, 1.54) is 6.20 Å². The number of nitrogens with one attached hydrogen (secondary N) is 1. The number of aromatic nitrogens is 2. The van der Waals surface area contributed by atoms with Crippen molar-refractivity contribution >= 4 is 46.4 Å². The number of hydrogen-bond acceptors (Lipinski definition) is 4. The van der Waals surface area contributed by atoms with E-state index >= 15 is 0 Å². The second-order valence-electron chi connectivity index (χ2n) is 5.13. The summed E-state index contributed by atoms with van der Waals surface area (Å²) in [5, 5.41) is 7.09. The minimum atomic E-state index is -0.535. The maximum atomic E-state index is 12.2. The smallest absolute Gasteiger partial charge is 0.291 e. The van der Waals surface area contributed by atoms with E-state index in [0.717, 1.165) is 4.68 Å². The van der Waals surface area contributed by atoms with E-state index in [9.17, 15) is 9.59 Å². The molecule has 9 heteroatoms. The highest BCUT2D eigenvalue weighted by molar-refractivity contribution is 6.41. The Balaban J connectivity index is 2.36. The van der Waals surface area contributed by atoms with Gasteiger partial charge in [0.2, 0.25) is 5.91 Å². The molecule has 0 aliphatic heterocycles. The lowest BCUT2D eigenvalue weighted by Gasteiger charge is -2.24. The molecule has 134 valence electrons. The molecule has 0 fully saturated rings. The minimum absolute atomic E-state index is 0.0877. The maximum absolute atomic E-state index is 12.2. The average Bonchev–Trinajstić information content (AvgIpc) is 2.58. The number of benzene rings is 1. The third-order valence-electron chi connectivity index (χ3n) is 3.48. The lowest BCUT2D eigenvalue weighted by atomic mass is 10.2. The Morgan fingerprint density at radius 1 is 1.24 bits per heavy atom. The summed E-state index contributed by atoms with van der Waals surface area (Å²) >= 11 is 18.0. The van der Waals surface area contributed by atoms with Gasteiger partial charge in [0.25, 0.3) is 5.56 Å². The Labute approximate surface area is 160 Å². The van der Waals surface area contributed by atoms with E-state index in [1.807, 2.05) is 18.7 Å². The Morgan fingerprint density at radius 2 is 1.96 bits per heavy atom. The minimum Gasteiger partial charge on any atom is -0.361 e. The van der Waals surface area contributed by atoms with Crippen LogP contribution >= 0.6 is 34.8 Å². The van der Waals surface area contributed by atoms with Gasteiger partial charge in [-0.1, -0.05) is 34.8 Å². The lowest BCUT2D eigenvalue weighted by molar-refractivity contribution is -0.119. The van der Waals surface area contributed by atoms with Gasteiger partial charge in [-0.25, -0.2) is 0 Å². The highest BCUT2D eigenvalue weighted by atomic mass is 35.5. The lowest BCUT2D eigenvalue weighted by Crippen LogP contribution is -2.37. The van der Waals surface area contributed by atoms with Crippen molar-refractivity contribution in [1.29, 1.82) is 0 Å². The van der Waals surface area contributed by atoms with E-state index < -0.39 is 5.56 Å². The molecule has 1 amide bonds. The van der Waals surface area contributed by atoms with Crippen molar-refractivity contribution in [3.63, 3.8) is 0 Å². The third kappa shape index (κ3) is 4.45. The normalized spacial score (nSPS) is 10.6. The van der Waals surface area contributed by atoms with Crippen molar-refractivity contribution in [3.05, 3.63) is 49.8 Å². The molecule has 0 spiro atoms. The van der Waals surface area contributed by atoms with Crippen LogP contribution in [0.25, 0.3) is 5.69 Å². The van der Waals surface area contributed by atoms with Gasteiger partial charge in [0.05, 0.1) is 34.2 Å². The number of carbonyl (C=O) groups excluding carboxylic acids is 1. The molecule has 6 nitrogen and oxygen atoms in total. The first-order valence-electron chi connectivity index (χ1n) is 7.63. The van der Waals surface area contributed by atoms with Crippen LogP contribution in [0.3, 0.4) is 0 Å². The van der Waals surface area contributed by atoms with Crippen LogP contribution in [0.15, 0.2) is 29.2 Å². The first kappa shape index (κ1) is 19.6. The fourth-order valence-corrected chi connectivity index (χ4v) is 2.82. The van der Waals surface area contributed by atoms with E-state index in [0.29, 0.717) is 29.5 Å². The van der Waals surface area contributed by atoms with Gasteiger partial charge in [-0.15, -0.1) is 0 Å². The molecule has 1 N–H and O–H groups in total. The summed E-state index contributed by atoms with van der Waals surface area (Å²) in [7, 11) is 0. The predicted octanol–water partition coefficient (Wildman–Crippen LogP) is 3.16. The number of nitrogens with zero attached hydrogens (tertiary/aromatic N) is 3. The number of likely N-dealkylation sites (N-methyl/N-ethyl adjacent to an activating group) is 2. The molecule has 2 aromatic rings. The second kappa shape index (κ2) is 8.56. The van der Waals surface area contributed by atoms with Crippen molar-refractivity contribution < 1.29 is 4.79 Å². The molecule has 0 saturated heterocycles. The van der Waals surface area contributed by atoms with Crippen LogP contribution in [0.2, 0.25) is 15.1 Å². The fraction of sp³-hybridized carbons (Fsp3) is 0.312. The van der Waals surface area contributed by atoms with Crippen molar-refractivity contribution in [2.24, 2.45) is 0 Å². The molecule has 0 aliphatic carbocycles. The third-order valence-corrected chi connectivity index (χ3v) is 4.53. The topological polar surface area (TPSA) is 67.2 Å². The SMILES string of the molecule is CCNC(=O)CN(CC)c1ccc(-n2ncc(Cl)c(Cl)c2=O)cc1Cl. The van der Waals surface area contributed by atoms with Crippen LogP contribution in [0.1, 0.15) is 13.8 Å². The van der Waals surface area contributed by atoms with E-state index in [1.54, 1.807) is 18.2 Å². The zero-order valence-corrected chi connectivity index (χ0v) is 16.0. The molecule has 1 heterocycles. The van der Waals surface area contributed by atoms with Crippen LogP contribution in [0.4, 0.5) is 5.69 Å². The Morgan fingerprint density at radius 3 is 2.56 bits per heavy atom. The fourth-order valence-electron chi connectivity index (χ4n) is 2.27. The number of halogens is 3. The molecule has 0 radical (unpaired) electrons. The van der Waals surface area contributed by atoms with Gasteiger partial charge in [0.1, 0.15) is 5.02 Å². The first-order valence-corrected chi connectivity index (χ1v) is 8.77. The molecular formula is C16H17Cl3N4O2. The zero-order chi connectivity index (χ0) is 18.6. The van der Waals surface area contributed by atoms with Crippen LogP contribution in [0.5, 0.6) is 0 Å². The average molecular weight is 404 g/mol. The van der Waals surface area contributed by atoms with Crippen molar-refractivity contribution in [2.75, 3.05) is 24.5 Å². The Hall–Kier alpha value is -1.76. The van der Waals surface area contributed by atoms with Gasteiger partial charge in [-0.05, 0) is 32.0 Å². The van der Waals surface area contributed by atoms with Crippen molar-refractivity contribution in [3.8, 4) is 5.69 Å². The number of rotatable bonds is 6. The van der Waals surface area contributed by atoms with Crippen LogP contribution in [-0.4, -0.2) is 35.3 Å². The molecule has 0 saturated carbocycles. The maximum Gasteiger partial charge on any atom is 0.291 e. The summed E-state index contributed by atoms with van der Waals surface area (Å²) in [5.74, 6) is -0.0909. The van der Waals surface area contributed by atoms with Gasteiger partial charge in [-0.3, -0.25) is 9.59 Å². The summed E-state index contributed by atoms with van der Waals surface area (Å²) in [6.45, 7) is 5.14. The van der Waals surface area contributed by atoms with Gasteiger partial charge in [0, 0.05) is 13.1 Å². The molecular weight excluding hydrogens is 387 g/mol. The summed E-state index contributed by atoms with van der Waals surface area (Å²) in [5.41, 5.74) is 0.603. The highest BCUT2D eigenvalue weighted by Crippen LogP contribution is 2.28. The number of carbonyl (C=O) groups is 1. The Bertz CT molecular complexity index is 839. The van der Waals surface area contributed by atoms with E-state index in [4.69, 9.17) is 34.8 Å². The summed E-state index contributed by atoms with van der Waals surface area (Å²) < 4.78 is 1.12. The van der Waals surface area contributed by atoms with Crippen LogP contribution in [0, 0.1) is 0 Å².